The molecule has 0 unspecified atom stereocenters. The fourth-order valence-electron chi connectivity index (χ4n) is 1.44. The van der Waals surface area contributed by atoms with Crippen LogP contribution in [0.2, 0.25) is 5.02 Å². The maximum atomic E-state index is 12.0. The van der Waals surface area contributed by atoms with Gasteiger partial charge in [0.1, 0.15) is 0 Å². The van der Waals surface area contributed by atoms with Crippen molar-refractivity contribution in [2.75, 3.05) is 11.6 Å². The molecule has 92 valence electrons. The third-order valence-corrected chi connectivity index (χ3v) is 3.40. The first-order chi connectivity index (χ1) is 8.70. The van der Waals surface area contributed by atoms with Crippen molar-refractivity contribution in [2.24, 2.45) is 0 Å². The fraction of sp³-hybridized carbons (Fsp3) is 0.0769. The smallest absolute Gasteiger partial charge is 0.258 e. The number of anilines is 1. The van der Waals surface area contributed by atoms with Gasteiger partial charge in [0.05, 0.1) is 10.6 Å². The number of thioether (sulfide) groups is 1. The van der Waals surface area contributed by atoms with E-state index >= 15 is 0 Å². The van der Waals surface area contributed by atoms with Crippen molar-refractivity contribution in [3.63, 3.8) is 0 Å². The molecule has 1 aromatic heterocycles. The van der Waals surface area contributed by atoms with E-state index in [4.69, 9.17) is 11.6 Å². The lowest BCUT2D eigenvalue weighted by Gasteiger charge is -2.07. The second kappa shape index (κ2) is 5.89. The number of amides is 1. The molecule has 1 N–H and O–H groups in total. The Morgan fingerprint density at radius 1 is 1.39 bits per heavy atom. The zero-order valence-electron chi connectivity index (χ0n) is 9.68. The predicted molar refractivity (Wildman–Crippen MR) is 75.4 cm³/mol. The molecule has 2 rings (SSSR count). The minimum absolute atomic E-state index is 0.258. The molecule has 0 bridgehead atoms. The summed E-state index contributed by atoms with van der Waals surface area (Å²) in [5.74, 6) is -0.258. The summed E-state index contributed by atoms with van der Waals surface area (Å²) in [5.41, 5.74) is 1.11. The Bertz CT molecular complexity index is 574. The number of carbonyl (C=O) groups excluding carboxylic acids is 1. The van der Waals surface area contributed by atoms with Gasteiger partial charge in [0.25, 0.3) is 5.91 Å². The molecule has 1 aromatic carbocycles. The zero-order chi connectivity index (χ0) is 13.0. The van der Waals surface area contributed by atoms with E-state index in [9.17, 15) is 4.79 Å². The Hall–Kier alpha value is -1.52. The van der Waals surface area contributed by atoms with Crippen molar-refractivity contribution in [3.8, 4) is 0 Å². The number of hydrogen-bond donors (Lipinski definition) is 1. The molecule has 0 aliphatic heterocycles. The minimum Gasteiger partial charge on any atom is -0.322 e. The van der Waals surface area contributed by atoms with Crippen LogP contribution in [-0.4, -0.2) is 17.1 Å². The molecule has 5 heteroatoms. The highest BCUT2D eigenvalue weighted by Gasteiger charge is 2.10. The third-order valence-electron chi connectivity index (χ3n) is 2.34. The predicted octanol–water partition coefficient (Wildman–Crippen LogP) is 3.71. The number of rotatable bonds is 3. The Kier molecular flexibility index (Phi) is 4.23. The number of aromatic nitrogens is 1. The first kappa shape index (κ1) is 12.9. The molecular weight excluding hydrogens is 268 g/mol. The first-order valence-electron chi connectivity index (χ1n) is 5.25. The Morgan fingerprint density at radius 2 is 2.22 bits per heavy atom. The molecule has 0 fully saturated rings. The van der Waals surface area contributed by atoms with Crippen LogP contribution in [-0.2, 0) is 0 Å². The van der Waals surface area contributed by atoms with E-state index in [1.807, 2.05) is 30.5 Å². The van der Waals surface area contributed by atoms with E-state index in [2.05, 4.69) is 10.3 Å². The van der Waals surface area contributed by atoms with Crippen LogP contribution in [0.25, 0.3) is 0 Å². The summed E-state index contributed by atoms with van der Waals surface area (Å²) in [6, 6.07) is 9.22. The quantitative estimate of drug-likeness (QED) is 0.870. The van der Waals surface area contributed by atoms with Crippen LogP contribution < -0.4 is 5.32 Å². The van der Waals surface area contributed by atoms with Crippen LogP contribution in [0.1, 0.15) is 10.4 Å². The minimum atomic E-state index is -0.258. The average molecular weight is 279 g/mol. The van der Waals surface area contributed by atoms with Gasteiger partial charge in [0, 0.05) is 23.0 Å². The lowest BCUT2D eigenvalue weighted by atomic mass is 10.2. The summed E-state index contributed by atoms with van der Waals surface area (Å²) in [7, 11) is 0. The second-order valence-electron chi connectivity index (χ2n) is 3.54. The van der Waals surface area contributed by atoms with Gasteiger partial charge in [0.2, 0.25) is 0 Å². The van der Waals surface area contributed by atoms with Crippen LogP contribution in [0.5, 0.6) is 0 Å². The average Bonchev–Trinajstić information content (AvgIpc) is 2.39. The first-order valence-corrected chi connectivity index (χ1v) is 6.86. The number of hydrogen-bond acceptors (Lipinski definition) is 3. The Labute approximate surface area is 115 Å². The molecule has 0 atom stereocenters. The van der Waals surface area contributed by atoms with Gasteiger partial charge < -0.3 is 5.32 Å². The fourth-order valence-corrected chi connectivity index (χ4v) is 2.09. The molecule has 1 heterocycles. The summed E-state index contributed by atoms with van der Waals surface area (Å²) in [6.45, 7) is 0. The number of pyridine rings is 1. The highest BCUT2D eigenvalue weighted by Crippen LogP contribution is 2.20. The van der Waals surface area contributed by atoms with Crippen LogP contribution in [0.4, 0.5) is 5.69 Å². The zero-order valence-corrected chi connectivity index (χ0v) is 11.3. The van der Waals surface area contributed by atoms with Crippen LogP contribution in [0.15, 0.2) is 47.6 Å². The van der Waals surface area contributed by atoms with Crippen LogP contribution in [0, 0.1) is 0 Å². The molecule has 0 spiro atoms. The monoisotopic (exact) mass is 278 g/mol. The summed E-state index contributed by atoms with van der Waals surface area (Å²) in [5, 5.41) is 3.19. The summed E-state index contributed by atoms with van der Waals surface area (Å²) in [4.78, 5) is 17.0. The van der Waals surface area contributed by atoms with E-state index in [1.165, 1.54) is 6.20 Å². The molecule has 0 saturated heterocycles. The van der Waals surface area contributed by atoms with Crippen molar-refractivity contribution in [2.45, 2.75) is 4.90 Å². The molecule has 0 radical (unpaired) electrons. The van der Waals surface area contributed by atoms with E-state index in [1.54, 1.807) is 24.0 Å². The molecule has 0 saturated carbocycles. The van der Waals surface area contributed by atoms with Gasteiger partial charge in [-0.15, -0.1) is 11.8 Å². The van der Waals surface area contributed by atoms with Gasteiger partial charge in [-0.05, 0) is 30.5 Å². The van der Waals surface area contributed by atoms with Gasteiger partial charge in [-0.1, -0.05) is 17.7 Å². The van der Waals surface area contributed by atoms with Crippen LogP contribution >= 0.6 is 23.4 Å². The molecule has 0 aliphatic rings. The van der Waals surface area contributed by atoms with Gasteiger partial charge in [-0.2, -0.15) is 0 Å². The van der Waals surface area contributed by atoms with Crippen LogP contribution in [0.3, 0.4) is 0 Å². The van der Waals surface area contributed by atoms with Crippen molar-refractivity contribution in [1.29, 1.82) is 0 Å². The molecule has 3 nitrogen and oxygen atoms in total. The number of nitrogens with zero attached hydrogens (tertiary/aromatic N) is 1. The summed E-state index contributed by atoms with van der Waals surface area (Å²) < 4.78 is 0. The lowest BCUT2D eigenvalue weighted by molar-refractivity contribution is 0.102. The van der Waals surface area contributed by atoms with E-state index in [-0.39, 0.29) is 5.91 Å². The third kappa shape index (κ3) is 3.03. The standard InChI is InChI=1S/C13H11ClN2OS/c1-18-10-4-2-3-9(7-10)16-13(17)11-8-15-6-5-12(11)14/h2-8H,1H3,(H,16,17). The SMILES string of the molecule is CSc1cccc(NC(=O)c2cnccc2Cl)c1. The van der Waals surface area contributed by atoms with E-state index in [0.29, 0.717) is 10.6 Å². The molecular formula is C13H11ClN2OS. The maximum Gasteiger partial charge on any atom is 0.258 e. The van der Waals surface area contributed by atoms with E-state index < -0.39 is 0 Å². The normalized spacial score (nSPS) is 10.1. The Balaban J connectivity index is 2.19. The molecule has 18 heavy (non-hydrogen) atoms. The number of benzene rings is 1. The van der Waals surface area contributed by atoms with E-state index in [0.717, 1.165) is 10.6 Å². The van der Waals surface area contributed by atoms with Crippen molar-refractivity contribution in [1.82, 2.24) is 4.98 Å². The largest absolute Gasteiger partial charge is 0.322 e. The Morgan fingerprint density at radius 3 is 2.94 bits per heavy atom. The highest BCUT2D eigenvalue weighted by molar-refractivity contribution is 7.98. The van der Waals surface area contributed by atoms with Crippen molar-refractivity contribution in [3.05, 3.63) is 53.3 Å². The van der Waals surface area contributed by atoms with Gasteiger partial charge in [-0.25, -0.2) is 0 Å². The topological polar surface area (TPSA) is 42.0 Å². The van der Waals surface area contributed by atoms with Gasteiger partial charge in [0.15, 0.2) is 0 Å². The maximum absolute atomic E-state index is 12.0. The van der Waals surface area contributed by atoms with Crippen molar-refractivity contribution >= 4 is 35.0 Å². The highest BCUT2D eigenvalue weighted by atomic mass is 35.5. The number of carbonyl (C=O) groups is 1. The lowest BCUT2D eigenvalue weighted by Crippen LogP contribution is -2.12. The summed E-state index contributed by atoms with van der Waals surface area (Å²) in [6.07, 6.45) is 4.99. The molecule has 0 aliphatic carbocycles. The molecule has 1 amide bonds. The van der Waals surface area contributed by atoms with Gasteiger partial charge in [-0.3, -0.25) is 9.78 Å². The number of halogens is 1. The summed E-state index contributed by atoms with van der Waals surface area (Å²) >= 11 is 7.56. The molecule has 2 aromatic rings. The van der Waals surface area contributed by atoms with Crippen molar-refractivity contribution < 1.29 is 4.79 Å². The number of nitrogens with one attached hydrogen (secondary N) is 1. The second-order valence-corrected chi connectivity index (χ2v) is 4.83. The van der Waals surface area contributed by atoms with Gasteiger partial charge >= 0.3 is 0 Å².